The molecule has 0 aliphatic rings. The smallest absolute Gasteiger partial charge is 0.197 e. The van der Waals surface area contributed by atoms with Crippen LogP contribution in [-0.4, -0.2) is 9.97 Å². The normalized spacial score (nSPS) is 10.4. The lowest BCUT2D eigenvalue weighted by Gasteiger charge is -2.00. The molecule has 0 saturated carbocycles. The number of rotatable bonds is 1. The SMILES string of the molecule is Cc1ccoc1-c1ncc(I)c(N)n1. The molecule has 0 saturated heterocycles. The number of nitrogen functional groups attached to an aromatic ring is 1. The van der Waals surface area contributed by atoms with Gasteiger partial charge in [-0.2, -0.15) is 0 Å². The van der Waals surface area contributed by atoms with Gasteiger partial charge in [0.25, 0.3) is 0 Å². The summed E-state index contributed by atoms with van der Waals surface area (Å²) in [7, 11) is 0. The second-order valence-electron chi connectivity index (χ2n) is 2.86. The van der Waals surface area contributed by atoms with E-state index in [1.54, 1.807) is 12.5 Å². The maximum Gasteiger partial charge on any atom is 0.197 e. The molecule has 2 aromatic rings. The number of hydrogen-bond acceptors (Lipinski definition) is 4. The summed E-state index contributed by atoms with van der Waals surface area (Å²) >= 11 is 2.09. The van der Waals surface area contributed by atoms with Crippen molar-refractivity contribution in [2.45, 2.75) is 6.92 Å². The van der Waals surface area contributed by atoms with Gasteiger partial charge in [0.2, 0.25) is 0 Å². The Morgan fingerprint density at radius 2 is 2.29 bits per heavy atom. The quantitative estimate of drug-likeness (QED) is 0.820. The molecule has 0 amide bonds. The van der Waals surface area contributed by atoms with Gasteiger partial charge in [-0.3, -0.25) is 0 Å². The van der Waals surface area contributed by atoms with Crippen LogP contribution in [0.2, 0.25) is 0 Å². The summed E-state index contributed by atoms with van der Waals surface area (Å²) in [5, 5.41) is 0. The molecular formula is C9H8IN3O. The second kappa shape index (κ2) is 3.56. The van der Waals surface area contributed by atoms with E-state index in [-0.39, 0.29) is 0 Å². The Morgan fingerprint density at radius 3 is 2.86 bits per heavy atom. The van der Waals surface area contributed by atoms with Gasteiger partial charge in [0.1, 0.15) is 5.82 Å². The van der Waals surface area contributed by atoms with Crippen molar-refractivity contribution in [3.05, 3.63) is 27.7 Å². The van der Waals surface area contributed by atoms with Crippen LogP contribution in [0.3, 0.4) is 0 Å². The van der Waals surface area contributed by atoms with E-state index in [4.69, 9.17) is 10.2 Å². The van der Waals surface area contributed by atoms with Crippen molar-refractivity contribution in [1.82, 2.24) is 9.97 Å². The lowest BCUT2D eigenvalue weighted by Crippen LogP contribution is -1.98. The van der Waals surface area contributed by atoms with Crippen molar-refractivity contribution < 1.29 is 4.42 Å². The lowest BCUT2D eigenvalue weighted by atomic mass is 10.3. The Labute approximate surface area is 94.7 Å². The molecule has 14 heavy (non-hydrogen) atoms. The van der Waals surface area contributed by atoms with Crippen LogP contribution in [0.4, 0.5) is 5.82 Å². The van der Waals surface area contributed by atoms with Gasteiger partial charge in [-0.1, -0.05) is 0 Å². The molecule has 72 valence electrons. The predicted molar refractivity (Wildman–Crippen MR) is 61.6 cm³/mol. The van der Waals surface area contributed by atoms with E-state index >= 15 is 0 Å². The van der Waals surface area contributed by atoms with Crippen LogP contribution < -0.4 is 5.73 Å². The summed E-state index contributed by atoms with van der Waals surface area (Å²) in [4.78, 5) is 8.29. The summed E-state index contributed by atoms with van der Waals surface area (Å²) in [6, 6.07) is 1.87. The highest BCUT2D eigenvalue weighted by atomic mass is 127. The van der Waals surface area contributed by atoms with E-state index < -0.39 is 0 Å². The minimum atomic E-state index is 0.478. The Kier molecular flexibility index (Phi) is 2.40. The van der Waals surface area contributed by atoms with Gasteiger partial charge in [-0.25, -0.2) is 9.97 Å². The number of aryl methyl sites for hydroxylation is 1. The molecule has 0 fully saturated rings. The van der Waals surface area contributed by atoms with Crippen LogP contribution in [0.1, 0.15) is 5.56 Å². The third-order valence-electron chi connectivity index (χ3n) is 1.84. The minimum Gasteiger partial charge on any atom is -0.461 e. The number of halogens is 1. The number of hydrogen-bond donors (Lipinski definition) is 1. The fraction of sp³-hybridized carbons (Fsp3) is 0.111. The molecule has 2 N–H and O–H groups in total. The molecule has 5 heteroatoms. The molecule has 4 nitrogen and oxygen atoms in total. The Hall–Kier alpha value is -1.11. The van der Waals surface area contributed by atoms with Gasteiger partial charge in [0.15, 0.2) is 11.6 Å². The molecule has 0 aliphatic heterocycles. The molecule has 2 heterocycles. The second-order valence-corrected chi connectivity index (χ2v) is 4.02. The third-order valence-corrected chi connectivity index (χ3v) is 2.67. The molecule has 0 atom stereocenters. The van der Waals surface area contributed by atoms with Crippen molar-refractivity contribution >= 4 is 28.4 Å². The summed E-state index contributed by atoms with van der Waals surface area (Å²) in [6.07, 6.45) is 3.29. The van der Waals surface area contributed by atoms with Gasteiger partial charge in [-0.05, 0) is 41.1 Å². The standard InChI is InChI=1S/C9H8IN3O/c1-5-2-3-14-7(5)9-12-4-6(10)8(11)13-9/h2-4H,1H3,(H2,11,12,13). The van der Waals surface area contributed by atoms with Crippen molar-refractivity contribution in [2.75, 3.05) is 5.73 Å². The summed E-state index contributed by atoms with van der Waals surface area (Å²) in [6.45, 7) is 1.94. The molecule has 0 spiro atoms. The number of nitrogens with zero attached hydrogens (tertiary/aromatic N) is 2. The Balaban J connectivity index is 2.53. The van der Waals surface area contributed by atoms with Gasteiger partial charge >= 0.3 is 0 Å². The molecule has 0 bridgehead atoms. The van der Waals surface area contributed by atoms with Crippen molar-refractivity contribution in [3.8, 4) is 11.6 Å². The maximum absolute atomic E-state index is 5.68. The molecule has 0 radical (unpaired) electrons. The Bertz CT molecular complexity index is 467. The topological polar surface area (TPSA) is 64.9 Å². The molecule has 0 aliphatic carbocycles. The molecule has 0 unspecified atom stereocenters. The molecule has 0 aromatic carbocycles. The van der Waals surface area contributed by atoms with Gasteiger partial charge in [0, 0.05) is 6.20 Å². The number of nitrogens with two attached hydrogens (primary N) is 1. The molecular weight excluding hydrogens is 293 g/mol. The zero-order valence-corrected chi connectivity index (χ0v) is 9.65. The number of anilines is 1. The number of aromatic nitrogens is 2. The first-order chi connectivity index (χ1) is 6.68. The van der Waals surface area contributed by atoms with Crippen LogP contribution in [0, 0.1) is 10.5 Å². The highest BCUT2D eigenvalue weighted by Gasteiger charge is 2.09. The highest BCUT2D eigenvalue weighted by Crippen LogP contribution is 2.22. The monoisotopic (exact) mass is 301 g/mol. The zero-order valence-electron chi connectivity index (χ0n) is 7.49. The van der Waals surface area contributed by atoms with Crippen LogP contribution in [0.5, 0.6) is 0 Å². The van der Waals surface area contributed by atoms with Crippen LogP contribution in [0.15, 0.2) is 22.9 Å². The summed E-state index contributed by atoms with van der Waals surface area (Å²) in [5.41, 5.74) is 6.68. The van der Waals surface area contributed by atoms with Gasteiger partial charge in [0.05, 0.1) is 9.83 Å². The highest BCUT2D eigenvalue weighted by molar-refractivity contribution is 14.1. The molecule has 2 aromatic heterocycles. The fourth-order valence-corrected chi connectivity index (χ4v) is 1.35. The summed E-state index contributed by atoms with van der Waals surface area (Å²) in [5.74, 6) is 1.69. The predicted octanol–water partition coefficient (Wildman–Crippen LogP) is 2.23. The van der Waals surface area contributed by atoms with Crippen LogP contribution in [-0.2, 0) is 0 Å². The fourth-order valence-electron chi connectivity index (χ4n) is 1.09. The zero-order chi connectivity index (χ0) is 10.1. The first-order valence-corrected chi connectivity index (χ1v) is 5.09. The largest absolute Gasteiger partial charge is 0.461 e. The van der Waals surface area contributed by atoms with E-state index in [1.807, 2.05) is 13.0 Å². The molecule has 2 rings (SSSR count). The average molecular weight is 301 g/mol. The maximum atomic E-state index is 5.68. The van der Waals surface area contributed by atoms with Gasteiger partial charge in [-0.15, -0.1) is 0 Å². The van der Waals surface area contributed by atoms with Crippen molar-refractivity contribution in [1.29, 1.82) is 0 Å². The van der Waals surface area contributed by atoms with Crippen LogP contribution >= 0.6 is 22.6 Å². The van der Waals surface area contributed by atoms with E-state index in [0.717, 1.165) is 9.13 Å². The summed E-state index contributed by atoms with van der Waals surface area (Å²) < 4.78 is 6.11. The van der Waals surface area contributed by atoms with Crippen molar-refractivity contribution in [2.24, 2.45) is 0 Å². The minimum absolute atomic E-state index is 0.478. The van der Waals surface area contributed by atoms with Crippen molar-refractivity contribution in [3.63, 3.8) is 0 Å². The van der Waals surface area contributed by atoms with E-state index in [0.29, 0.717) is 17.4 Å². The Morgan fingerprint density at radius 1 is 1.50 bits per heavy atom. The van der Waals surface area contributed by atoms with Gasteiger partial charge < -0.3 is 10.2 Å². The van der Waals surface area contributed by atoms with E-state index in [2.05, 4.69) is 32.6 Å². The van der Waals surface area contributed by atoms with Crippen LogP contribution in [0.25, 0.3) is 11.6 Å². The third kappa shape index (κ3) is 1.59. The number of furan rings is 1. The van der Waals surface area contributed by atoms with E-state index in [1.165, 1.54) is 0 Å². The lowest BCUT2D eigenvalue weighted by molar-refractivity contribution is 0.575. The first-order valence-electron chi connectivity index (χ1n) is 4.01. The van der Waals surface area contributed by atoms with E-state index in [9.17, 15) is 0 Å². The first kappa shape index (κ1) is 9.45. The average Bonchev–Trinajstić information content (AvgIpc) is 2.57.